The number of hydrogen-bond acceptors (Lipinski definition) is 6. The van der Waals surface area contributed by atoms with Gasteiger partial charge in [0.25, 0.3) is 5.69 Å². The van der Waals surface area contributed by atoms with Crippen molar-refractivity contribution in [3.05, 3.63) is 62.7 Å². The summed E-state index contributed by atoms with van der Waals surface area (Å²) in [6.07, 6.45) is -3.55. The largest absolute Gasteiger partial charge is 0.456 e. The molecule has 164 valence electrons. The van der Waals surface area contributed by atoms with Crippen molar-refractivity contribution in [1.29, 1.82) is 5.41 Å². The van der Waals surface area contributed by atoms with Gasteiger partial charge in [0.05, 0.1) is 15.5 Å². The third-order valence-corrected chi connectivity index (χ3v) is 4.46. The molecule has 0 saturated heterocycles. The lowest BCUT2D eigenvalue weighted by atomic mass is 9.99. The molecule has 0 saturated carbocycles. The van der Waals surface area contributed by atoms with Crippen LogP contribution in [0.25, 0.3) is 0 Å². The maximum absolute atomic E-state index is 12.8. The number of Topliss-reactive ketones (excluding diaryl/α,β-unsaturated/α-hetero) is 2. The zero-order valence-corrected chi connectivity index (χ0v) is 16.8. The molecule has 2 aromatic rings. The van der Waals surface area contributed by atoms with Crippen LogP contribution in [0, 0.1) is 15.5 Å². The normalized spacial score (nSPS) is 11.1. The first-order valence-corrected chi connectivity index (χ1v) is 9.33. The first-order valence-electron chi connectivity index (χ1n) is 8.95. The lowest BCUT2D eigenvalue weighted by Crippen LogP contribution is -2.24. The first-order chi connectivity index (χ1) is 14.5. The van der Waals surface area contributed by atoms with Gasteiger partial charge in [-0.25, -0.2) is 0 Å². The molecule has 0 bridgehead atoms. The van der Waals surface area contributed by atoms with Gasteiger partial charge < -0.3 is 4.74 Å². The molecule has 2 aromatic carbocycles. The number of rotatable bonds is 9. The number of benzene rings is 2. The number of hydrogen-bond donors (Lipinski definition) is 1. The molecule has 0 fully saturated rings. The maximum atomic E-state index is 12.8. The van der Waals surface area contributed by atoms with Gasteiger partial charge in [-0.15, -0.1) is 0 Å². The Kier molecular flexibility index (Phi) is 7.50. The summed E-state index contributed by atoms with van der Waals surface area (Å²) in [6, 6.07) is 5.34. The van der Waals surface area contributed by atoms with Crippen molar-refractivity contribution < 1.29 is 32.4 Å². The molecule has 7 nitrogen and oxygen atoms in total. The van der Waals surface area contributed by atoms with E-state index < -0.39 is 45.2 Å². The number of alkyl halides is 3. The van der Waals surface area contributed by atoms with Gasteiger partial charge in [0, 0.05) is 12.5 Å². The molecule has 0 heterocycles. The smallest absolute Gasteiger partial charge is 0.416 e. The molecular weight excluding hydrogens is 441 g/mol. The average Bonchev–Trinajstić information content (AvgIpc) is 2.71. The van der Waals surface area contributed by atoms with Crippen LogP contribution in [0.3, 0.4) is 0 Å². The Balaban J connectivity index is 2.38. The SMILES string of the molecule is CCCCC(=O)C(=N)C(=O)c1cc(Oc2ccc(C(F)(F)F)cc2Cl)ccc1[N+](=O)[O-]. The van der Waals surface area contributed by atoms with E-state index in [0.717, 1.165) is 30.3 Å². The van der Waals surface area contributed by atoms with Crippen molar-refractivity contribution >= 4 is 34.6 Å². The van der Waals surface area contributed by atoms with Crippen LogP contribution in [0.15, 0.2) is 36.4 Å². The van der Waals surface area contributed by atoms with E-state index in [1.54, 1.807) is 0 Å². The number of nitrogens with one attached hydrogen (secondary N) is 1. The lowest BCUT2D eigenvalue weighted by molar-refractivity contribution is -0.385. The van der Waals surface area contributed by atoms with Crippen molar-refractivity contribution in [1.82, 2.24) is 0 Å². The Morgan fingerprint density at radius 3 is 2.42 bits per heavy atom. The number of carbonyl (C=O) groups is 2. The fraction of sp³-hybridized carbons (Fsp3) is 0.250. The van der Waals surface area contributed by atoms with E-state index in [1.807, 2.05) is 6.92 Å². The molecule has 0 atom stereocenters. The summed E-state index contributed by atoms with van der Waals surface area (Å²) in [7, 11) is 0. The fourth-order valence-electron chi connectivity index (χ4n) is 2.53. The van der Waals surface area contributed by atoms with Crippen LogP contribution in [0.5, 0.6) is 11.5 Å². The van der Waals surface area contributed by atoms with Crippen LogP contribution in [-0.4, -0.2) is 22.2 Å². The van der Waals surface area contributed by atoms with Crippen molar-refractivity contribution in [2.75, 3.05) is 0 Å². The monoisotopic (exact) mass is 456 g/mol. The zero-order chi connectivity index (χ0) is 23.3. The maximum Gasteiger partial charge on any atom is 0.416 e. The number of halogens is 4. The topological polar surface area (TPSA) is 110 Å². The Hall–Kier alpha value is -3.27. The Labute approximate surface area is 179 Å². The van der Waals surface area contributed by atoms with Crippen LogP contribution >= 0.6 is 11.6 Å². The van der Waals surface area contributed by atoms with E-state index in [4.69, 9.17) is 21.7 Å². The first kappa shape index (κ1) is 24.0. The molecule has 0 amide bonds. The second kappa shape index (κ2) is 9.69. The molecule has 0 aliphatic heterocycles. The Morgan fingerprint density at radius 1 is 1.19 bits per heavy atom. The summed E-state index contributed by atoms with van der Waals surface area (Å²) in [5.41, 5.74) is -3.10. The third-order valence-electron chi connectivity index (χ3n) is 4.16. The number of nitro groups is 1. The second-order valence-corrected chi connectivity index (χ2v) is 6.82. The molecule has 0 unspecified atom stereocenters. The molecule has 0 spiro atoms. The van der Waals surface area contributed by atoms with Crippen molar-refractivity contribution in [3.8, 4) is 11.5 Å². The minimum absolute atomic E-state index is 0.0494. The second-order valence-electron chi connectivity index (χ2n) is 6.41. The molecule has 0 aliphatic carbocycles. The summed E-state index contributed by atoms with van der Waals surface area (Å²) < 4.78 is 43.7. The van der Waals surface area contributed by atoms with Crippen molar-refractivity contribution in [3.63, 3.8) is 0 Å². The van der Waals surface area contributed by atoms with Crippen molar-refractivity contribution in [2.24, 2.45) is 0 Å². The van der Waals surface area contributed by atoms with Gasteiger partial charge in [0.2, 0.25) is 5.78 Å². The molecule has 0 radical (unpaired) electrons. The number of nitro benzene ring substituents is 1. The number of nitrogens with zero attached hydrogens (tertiary/aromatic N) is 1. The highest BCUT2D eigenvalue weighted by Gasteiger charge is 2.31. The van der Waals surface area contributed by atoms with Gasteiger partial charge in [0.15, 0.2) is 5.78 Å². The van der Waals surface area contributed by atoms with E-state index in [-0.39, 0.29) is 22.9 Å². The van der Waals surface area contributed by atoms with Gasteiger partial charge in [0.1, 0.15) is 22.8 Å². The molecule has 31 heavy (non-hydrogen) atoms. The van der Waals surface area contributed by atoms with Gasteiger partial charge >= 0.3 is 6.18 Å². The summed E-state index contributed by atoms with van der Waals surface area (Å²) in [5, 5.41) is 18.7. The van der Waals surface area contributed by atoms with Gasteiger partial charge in [-0.2, -0.15) is 13.2 Å². The van der Waals surface area contributed by atoms with E-state index in [9.17, 15) is 32.9 Å². The molecular formula is C20H16ClF3N2O5. The Bertz CT molecular complexity index is 1050. The van der Waals surface area contributed by atoms with E-state index in [2.05, 4.69) is 0 Å². The quantitative estimate of drug-likeness (QED) is 0.163. The van der Waals surface area contributed by atoms with Crippen LogP contribution < -0.4 is 4.74 Å². The lowest BCUT2D eigenvalue weighted by Gasteiger charge is -2.12. The number of unbranched alkanes of at least 4 members (excludes halogenated alkanes) is 1. The molecule has 11 heteroatoms. The highest BCUT2D eigenvalue weighted by Crippen LogP contribution is 2.37. The summed E-state index contributed by atoms with van der Waals surface area (Å²) in [5.74, 6) is -2.24. The molecule has 1 N–H and O–H groups in total. The Morgan fingerprint density at radius 2 is 1.87 bits per heavy atom. The summed E-state index contributed by atoms with van der Waals surface area (Å²) in [4.78, 5) is 34.9. The van der Waals surface area contributed by atoms with Crippen LogP contribution in [0.1, 0.15) is 42.1 Å². The third kappa shape index (κ3) is 5.88. The minimum atomic E-state index is -4.61. The summed E-state index contributed by atoms with van der Waals surface area (Å²) >= 11 is 5.83. The molecule has 0 aromatic heterocycles. The highest BCUT2D eigenvalue weighted by atomic mass is 35.5. The van der Waals surface area contributed by atoms with Crippen LogP contribution in [0.4, 0.5) is 18.9 Å². The van der Waals surface area contributed by atoms with E-state index in [0.29, 0.717) is 18.9 Å². The van der Waals surface area contributed by atoms with Crippen molar-refractivity contribution in [2.45, 2.75) is 32.4 Å². The van der Waals surface area contributed by atoms with Gasteiger partial charge in [-0.3, -0.25) is 25.1 Å². The minimum Gasteiger partial charge on any atom is -0.456 e. The molecule has 2 rings (SSSR count). The van der Waals surface area contributed by atoms with Gasteiger partial charge in [-0.1, -0.05) is 24.9 Å². The van der Waals surface area contributed by atoms with E-state index >= 15 is 0 Å². The number of carbonyl (C=O) groups excluding carboxylic acids is 2. The average molecular weight is 457 g/mol. The summed E-state index contributed by atoms with van der Waals surface area (Å²) in [6.45, 7) is 1.82. The predicted octanol–water partition coefficient (Wildman–Crippen LogP) is 6.02. The number of ketones is 2. The standard InChI is InChI=1S/C20H16ClF3N2O5/c1-2-3-4-16(27)18(25)19(28)13-10-12(6-7-15(13)26(29)30)31-17-8-5-11(9-14(17)21)20(22,23)24/h5-10,25H,2-4H2,1H3. The predicted molar refractivity (Wildman–Crippen MR) is 106 cm³/mol. The van der Waals surface area contributed by atoms with E-state index in [1.165, 1.54) is 0 Å². The van der Waals surface area contributed by atoms with Crippen LogP contribution in [0.2, 0.25) is 5.02 Å². The van der Waals surface area contributed by atoms with Crippen LogP contribution in [-0.2, 0) is 11.0 Å². The zero-order valence-electron chi connectivity index (χ0n) is 16.1. The highest BCUT2D eigenvalue weighted by molar-refractivity contribution is 6.68. The molecule has 0 aliphatic rings. The number of ether oxygens (including phenoxy) is 1. The van der Waals surface area contributed by atoms with Gasteiger partial charge in [-0.05, 0) is 36.8 Å². The fourth-order valence-corrected chi connectivity index (χ4v) is 2.75.